The number of nitrogens with zero attached hydrogens (tertiary/aromatic N) is 5. The highest BCUT2D eigenvalue weighted by atomic mass is 16.3. The van der Waals surface area contributed by atoms with Crippen LogP contribution in [0.25, 0.3) is 10.9 Å². The van der Waals surface area contributed by atoms with Crippen LogP contribution in [0, 0.1) is 0 Å². The fraction of sp³-hybridized carbons (Fsp3) is 0.583. The molecule has 180 valence electrons. The molecule has 1 fully saturated rings. The minimum absolute atomic E-state index is 0.0326. The molecule has 33 heavy (non-hydrogen) atoms. The number of hydrogen-bond donors (Lipinski definition) is 2. The first-order valence-corrected chi connectivity index (χ1v) is 11.7. The molecule has 1 aliphatic heterocycles. The van der Waals surface area contributed by atoms with Crippen molar-refractivity contribution in [3.05, 3.63) is 30.1 Å². The number of piperazine rings is 1. The summed E-state index contributed by atoms with van der Waals surface area (Å²) in [6.45, 7) is 6.62. The molecule has 1 aromatic heterocycles. The zero-order valence-electron chi connectivity index (χ0n) is 20.0. The van der Waals surface area contributed by atoms with Gasteiger partial charge in [-0.15, -0.1) is 0 Å². The van der Waals surface area contributed by atoms with Crippen LogP contribution in [0.1, 0.15) is 32.0 Å². The maximum absolute atomic E-state index is 12.4. The Balaban J connectivity index is 1.56. The summed E-state index contributed by atoms with van der Waals surface area (Å²) in [4.78, 5) is 39.7. The van der Waals surface area contributed by atoms with Crippen molar-refractivity contribution in [1.29, 1.82) is 0 Å². The summed E-state index contributed by atoms with van der Waals surface area (Å²) in [7, 11) is 4.14. The molecule has 1 aromatic carbocycles. The molecule has 1 amide bonds. The topological polar surface area (TPSA) is 102 Å². The van der Waals surface area contributed by atoms with Gasteiger partial charge in [0, 0.05) is 51.0 Å². The Morgan fingerprint density at radius 2 is 1.85 bits per heavy atom. The predicted molar refractivity (Wildman–Crippen MR) is 129 cm³/mol. The molecule has 9 nitrogen and oxygen atoms in total. The molecule has 9 heteroatoms. The number of anilines is 1. The van der Waals surface area contributed by atoms with Gasteiger partial charge in [-0.3, -0.25) is 14.5 Å². The van der Waals surface area contributed by atoms with Crippen LogP contribution < -0.4 is 5.32 Å². The monoisotopic (exact) mass is 456 g/mol. The molecule has 0 radical (unpaired) electrons. The molecule has 0 spiro atoms. The van der Waals surface area contributed by atoms with Crippen molar-refractivity contribution in [3.63, 3.8) is 0 Å². The number of rotatable bonds is 11. The van der Waals surface area contributed by atoms with Gasteiger partial charge < -0.3 is 20.2 Å². The van der Waals surface area contributed by atoms with E-state index in [0.717, 1.165) is 55.1 Å². The van der Waals surface area contributed by atoms with Gasteiger partial charge >= 0.3 is 0 Å². The van der Waals surface area contributed by atoms with Crippen molar-refractivity contribution >= 4 is 28.4 Å². The average molecular weight is 457 g/mol. The first-order chi connectivity index (χ1) is 15.8. The number of ketones is 1. The lowest BCUT2D eigenvalue weighted by atomic mass is 10.1. The zero-order valence-corrected chi connectivity index (χ0v) is 20.0. The van der Waals surface area contributed by atoms with Crippen molar-refractivity contribution in [1.82, 2.24) is 24.7 Å². The largest absolute Gasteiger partial charge is 0.386 e. The fourth-order valence-corrected chi connectivity index (χ4v) is 3.88. The number of para-hydroxylation sites is 1. The molecule has 3 rings (SSSR count). The quantitative estimate of drug-likeness (QED) is 0.489. The Morgan fingerprint density at radius 3 is 2.55 bits per heavy atom. The lowest BCUT2D eigenvalue weighted by molar-refractivity contribution is -0.136. The fourth-order valence-electron chi connectivity index (χ4n) is 3.88. The highest BCUT2D eigenvalue weighted by Crippen LogP contribution is 2.21. The molecule has 1 atom stereocenters. The molecule has 2 heterocycles. The van der Waals surface area contributed by atoms with Gasteiger partial charge in [0.1, 0.15) is 17.7 Å². The number of nitrogens with one attached hydrogen (secondary N) is 1. The van der Waals surface area contributed by atoms with E-state index in [9.17, 15) is 14.7 Å². The Kier molecular flexibility index (Phi) is 9.11. The normalized spacial score (nSPS) is 15.7. The molecular weight excluding hydrogens is 420 g/mol. The predicted octanol–water partition coefficient (Wildman–Crippen LogP) is 1.37. The van der Waals surface area contributed by atoms with Crippen LogP contribution >= 0.6 is 0 Å². The SMILES string of the molecule is CC(O)C(=O)CCC(=O)N1CCN(Cc2nc(NCCCN(C)C)c3ccccc3n2)CC1. The number of carbonyl (C=O) groups excluding carboxylic acids is 2. The number of carbonyl (C=O) groups is 2. The third kappa shape index (κ3) is 7.45. The van der Waals surface area contributed by atoms with E-state index in [1.807, 2.05) is 24.3 Å². The van der Waals surface area contributed by atoms with E-state index < -0.39 is 6.10 Å². The van der Waals surface area contributed by atoms with Crippen LogP contribution in [0.2, 0.25) is 0 Å². The minimum atomic E-state index is -1.01. The second kappa shape index (κ2) is 12.0. The van der Waals surface area contributed by atoms with E-state index in [-0.39, 0.29) is 24.5 Å². The highest BCUT2D eigenvalue weighted by Gasteiger charge is 2.23. The average Bonchev–Trinajstić information content (AvgIpc) is 2.80. The first-order valence-electron chi connectivity index (χ1n) is 11.7. The van der Waals surface area contributed by atoms with Crippen LogP contribution in [0.15, 0.2) is 24.3 Å². The van der Waals surface area contributed by atoms with Crippen molar-refractivity contribution < 1.29 is 14.7 Å². The lowest BCUT2D eigenvalue weighted by Crippen LogP contribution is -2.48. The van der Waals surface area contributed by atoms with E-state index in [1.54, 1.807) is 4.90 Å². The Bertz CT molecular complexity index is 941. The summed E-state index contributed by atoms with van der Waals surface area (Å²) >= 11 is 0. The summed E-state index contributed by atoms with van der Waals surface area (Å²) in [6, 6.07) is 8.04. The Labute approximate surface area is 195 Å². The summed E-state index contributed by atoms with van der Waals surface area (Å²) in [5, 5.41) is 13.8. The molecule has 1 saturated heterocycles. The number of hydrogen-bond acceptors (Lipinski definition) is 8. The molecule has 0 saturated carbocycles. The highest BCUT2D eigenvalue weighted by molar-refractivity contribution is 5.89. The van der Waals surface area contributed by atoms with Gasteiger partial charge in [-0.05, 0) is 46.1 Å². The minimum Gasteiger partial charge on any atom is -0.386 e. The van der Waals surface area contributed by atoms with E-state index in [2.05, 4.69) is 29.2 Å². The van der Waals surface area contributed by atoms with Gasteiger partial charge in [-0.2, -0.15) is 0 Å². The van der Waals surface area contributed by atoms with Crippen molar-refractivity contribution in [2.24, 2.45) is 0 Å². The van der Waals surface area contributed by atoms with E-state index in [1.165, 1.54) is 6.92 Å². The van der Waals surface area contributed by atoms with Crippen LogP contribution in [-0.2, 0) is 16.1 Å². The van der Waals surface area contributed by atoms with Crippen molar-refractivity contribution in [2.75, 3.05) is 58.7 Å². The third-order valence-electron chi connectivity index (χ3n) is 5.87. The number of aliphatic hydroxyl groups excluding tert-OH is 1. The molecular formula is C24H36N6O3. The Morgan fingerprint density at radius 1 is 1.12 bits per heavy atom. The van der Waals surface area contributed by atoms with Gasteiger partial charge in [0.15, 0.2) is 5.78 Å². The summed E-state index contributed by atoms with van der Waals surface area (Å²) in [5.74, 6) is 1.31. The molecule has 1 aliphatic rings. The summed E-state index contributed by atoms with van der Waals surface area (Å²) < 4.78 is 0. The lowest BCUT2D eigenvalue weighted by Gasteiger charge is -2.34. The number of benzene rings is 1. The summed E-state index contributed by atoms with van der Waals surface area (Å²) in [6.07, 6.45) is 0.259. The van der Waals surface area contributed by atoms with Crippen molar-refractivity contribution in [2.45, 2.75) is 38.8 Å². The smallest absolute Gasteiger partial charge is 0.223 e. The maximum atomic E-state index is 12.4. The maximum Gasteiger partial charge on any atom is 0.223 e. The number of fused-ring (bicyclic) bond motifs is 1. The number of amides is 1. The van der Waals surface area contributed by atoms with E-state index in [4.69, 9.17) is 9.97 Å². The second-order valence-corrected chi connectivity index (χ2v) is 8.89. The van der Waals surface area contributed by atoms with Crippen LogP contribution in [0.5, 0.6) is 0 Å². The Hall–Kier alpha value is -2.62. The number of Topliss-reactive ketones (excluding diaryl/α,β-unsaturated/α-hetero) is 1. The standard InChI is InChI=1S/C24H36N6O3/c1-18(31)21(32)9-10-23(33)30-15-13-29(14-16-30)17-22-26-20-8-5-4-7-19(20)24(27-22)25-11-6-12-28(2)3/h4-5,7-8,18,31H,6,9-17H2,1-3H3,(H,25,26,27). The second-order valence-electron chi connectivity index (χ2n) is 8.89. The van der Waals surface area contributed by atoms with Gasteiger partial charge in [0.05, 0.1) is 12.1 Å². The van der Waals surface area contributed by atoms with Gasteiger partial charge in [0.25, 0.3) is 0 Å². The molecule has 0 aliphatic carbocycles. The van der Waals surface area contributed by atoms with Gasteiger partial charge in [-0.25, -0.2) is 9.97 Å². The third-order valence-corrected chi connectivity index (χ3v) is 5.87. The zero-order chi connectivity index (χ0) is 23.8. The van der Waals surface area contributed by atoms with Crippen LogP contribution in [-0.4, -0.2) is 101 Å². The molecule has 0 bridgehead atoms. The molecule has 1 unspecified atom stereocenters. The summed E-state index contributed by atoms with van der Waals surface area (Å²) in [5.41, 5.74) is 0.925. The van der Waals surface area contributed by atoms with E-state index in [0.29, 0.717) is 19.6 Å². The number of aliphatic hydroxyl groups is 1. The first kappa shape index (κ1) is 25.0. The number of aromatic nitrogens is 2. The molecule has 2 aromatic rings. The van der Waals surface area contributed by atoms with E-state index >= 15 is 0 Å². The molecule has 2 N–H and O–H groups in total. The van der Waals surface area contributed by atoms with Crippen LogP contribution in [0.4, 0.5) is 5.82 Å². The van der Waals surface area contributed by atoms with Crippen LogP contribution in [0.3, 0.4) is 0 Å². The van der Waals surface area contributed by atoms with Gasteiger partial charge in [0.2, 0.25) is 5.91 Å². The van der Waals surface area contributed by atoms with Gasteiger partial charge in [-0.1, -0.05) is 12.1 Å². The van der Waals surface area contributed by atoms with Crippen molar-refractivity contribution in [3.8, 4) is 0 Å².